The summed E-state index contributed by atoms with van der Waals surface area (Å²) >= 11 is 3.48. The van der Waals surface area contributed by atoms with Gasteiger partial charge in [-0.2, -0.15) is 0 Å². The Hall–Kier alpha value is -0.0500. The van der Waals surface area contributed by atoms with Crippen LogP contribution >= 0.6 is 15.9 Å². The first kappa shape index (κ1) is 12.0. The summed E-state index contributed by atoms with van der Waals surface area (Å²) in [5, 5.41) is 1.01. The molecule has 0 aliphatic heterocycles. The molecular formula is C14H22BrNO. The lowest BCUT2D eigenvalue weighted by atomic mass is 9.90. The predicted molar refractivity (Wildman–Crippen MR) is 72.1 cm³/mol. The molecule has 0 aromatic heterocycles. The molecule has 17 heavy (non-hydrogen) atoms. The van der Waals surface area contributed by atoms with Gasteiger partial charge in [-0.15, -0.1) is 0 Å². The van der Waals surface area contributed by atoms with Crippen LogP contribution in [-0.2, 0) is 4.79 Å². The maximum absolute atomic E-state index is 12.6. The predicted octanol–water partition coefficient (Wildman–Crippen LogP) is 3.20. The summed E-state index contributed by atoms with van der Waals surface area (Å²) in [5.74, 6) is 2.48. The van der Waals surface area contributed by atoms with E-state index in [2.05, 4.69) is 20.8 Å². The van der Waals surface area contributed by atoms with Gasteiger partial charge in [0.1, 0.15) is 0 Å². The van der Waals surface area contributed by atoms with Crippen LogP contribution in [0.3, 0.4) is 0 Å². The minimum Gasteiger partial charge on any atom is -0.339 e. The third kappa shape index (κ3) is 2.16. The van der Waals surface area contributed by atoms with E-state index in [-0.39, 0.29) is 0 Å². The fraction of sp³-hybridized carbons (Fsp3) is 0.929. The molecule has 2 nitrogen and oxygen atoms in total. The van der Waals surface area contributed by atoms with E-state index in [1.165, 1.54) is 38.5 Å². The van der Waals surface area contributed by atoms with Gasteiger partial charge < -0.3 is 4.90 Å². The molecular weight excluding hydrogens is 278 g/mol. The maximum Gasteiger partial charge on any atom is 0.226 e. The van der Waals surface area contributed by atoms with E-state index in [1.54, 1.807) is 0 Å². The summed E-state index contributed by atoms with van der Waals surface area (Å²) in [6, 6.07) is 0.586. The van der Waals surface area contributed by atoms with Crippen LogP contribution in [0.25, 0.3) is 0 Å². The molecule has 0 aromatic carbocycles. The lowest BCUT2D eigenvalue weighted by molar-refractivity contribution is -0.137. The van der Waals surface area contributed by atoms with Gasteiger partial charge >= 0.3 is 0 Å². The monoisotopic (exact) mass is 299 g/mol. The van der Waals surface area contributed by atoms with Crippen molar-refractivity contribution >= 4 is 21.8 Å². The molecule has 0 N–H and O–H groups in total. The normalized spacial score (nSPS) is 35.2. The van der Waals surface area contributed by atoms with Gasteiger partial charge in [-0.25, -0.2) is 0 Å². The Balaban J connectivity index is 1.60. The first-order valence-electron chi connectivity index (χ1n) is 7.19. The van der Waals surface area contributed by atoms with Crippen LogP contribution in [0.15, 0.2) is 0 Å². The summed E-state index contributed by atoms with van der Waals surface area (Å²) in [5.41, 5.74) is 0. The number of nitrogens with zero attached hydrogens (tertiary/aromatic N) is 1. The van der Waals surface area contributed by atoms with Crippen molar-refractivity contribution in [3.8, 4) is 0 Å². The minimum atomic E-state index is 0.430. The molecule has 3 aliphatic carbocycles. The first-order chi connectivity index (χ1) is 8.33. The van der Waals surface area contributed by atoms with Crippen molar-refractivity contribution in [3.05, 3.63) is 0 Å². The van der Waals surface area contributed by atoms with E-state index in [0.717, 1.165) is 30.1 Å². The summed E-state index contributed by atoms with van der Waals surface area (Å²) in [7, 11) is 0. The number of hydrogen-bond acceptors (Lipinski definition) is 1. The van der Waals surface area contributed by atoms with Crippen molar-refractivity contribution in [3.63, 3.8) is 0 Å². The molecule has 3 aliphatic rings. The smallest absolute Gasteiger partial charge is 0.226 e. The van der Waals surface area contributed by atoms with Crippen LogP contribution in [0.4, 0.5) is 0 Å². The van der Waals surface area contributed by atoms with Gasteiger partial charge in [-0.3, -0.25) is 4.79 Å². The number of fused-ring (bicyclic) bond motifs is 1. The highest BCUT2D eigenvalue weighted by molar-refractivity contribution is 9.09. The topological polar surface area (TPSA) is 20.3 Å². The highest BCUT2D eigenvalue weighted by Gasteiger charge is 2.57. The molecule has 1 amide bonds. The van der Waals surface area contributed by atoms with Crippen LogP contribution in [0.5, 0.6) is 0 Å². The number of amides is 1. The quantitative estimate of drug-likeness (QED) is 0.714. The lowest BCUT2D eigenvalue weighted by Crippen LogP contribution is -2.46. The second kappa shape index (κ2) is 4.91. The van der Waals surface area contributed by atoms with Crippen molar-refractivity contribution in [2.24, 2.45) is 17.8 Å². The van der Waals surface area contributed by atoms with Gasteiger partial charge in [-0.1, -0.05) is 22.4 Å². The van der Waals surface area contributed by atoms with Crippen LogP contribution in [0, 0.1) is 17.8 Å². The molecule has 3 heteroatoms. The Morgan fingerprint density at radius 1 is 1.12 bits per heavy atom. The SMILES string of the molecule is O=C(C1C2CCCC21)N(CCCBr)C1CCC1. The highest BCUT2D eigenvalue weighted by atomic mass is 79.9. The average molecular weight is 300 g/mol. The number of carbonyl (C=O) groups excluding carboxylic acids is 1. The molecule has 3 fully saturated rings. The Morgan fingerprint density at radius 2 is 1.76 bits per heavy atom. The molecule has 0 spiro atoms. The third-order valence-electron chi connectivity index (χ3n) is 5.02. The van der Waals surface area contributed by atoms with Crippen LogP contribution < -0.4 is 0 Å². The fourth-order valence-electron chi connectivity index (χ4n) is 3.78. The number of hydrogen-bond donors (Lipinski definition) is 0. The van der Waals surface area contributed by atoms with Crippen LogP contribution in [0.2, 0.25) is 0 Å². The van der Waals surface area contributed by atoms with Crippen molar-refractivity contribution in [2.45, 2.75) is 51.0 Å². The molecule has 0 radical (unpaired) electrons. The summed E-state index contributed by atoms with van der Waals surface area (Å²) in [6.07, 6.45) is 8.91. The van der Waals surface area contributed by atoms with Crippen LogP contribution in [-0.4, -0.2) is 28.7 Å². The molecule has 2 atom stereocenters. The third-order valence-corrected chi connectivity index (χ3v) is 5.58. The molecule has 0 aromatic rings. The van der Waals surface area contributed by atoms with Crippen molar-refractivity contribution in [1.82, 2.24) is 4.90 Å². The summed E-state index contributed by atoms with van der Waals surface area (Å²) < 4.78 is 0. The Morgan fingerprint density at radius 3 is 2.29 bits per heavy atom. The molecule has 0 saturated heterocycles. The van der Waals surface area contributed by atoms with E-state index in [9.17, 15) is 4.79 Å². The van der Waals surface area contributed by atoms with Gasteiger partial charge in [0.2, 0.25) is 5.91 Å². The second-order valence-electron chi connectivity index (χ2n) is 5.94. The Bertz CT molecular complexity index is 293. The highest BCUT2D eigenvalue weighted by Crippen LogP contribution is 2.58. The molecule has 2 unspecified atom stereocenters. The number of rotatable bonds is 5. The van der Waals surface area contributed by atoms with E-state index in [1.807, 2.05) is 0 Å². The minimum absolute atomic E-state index is 0.430. The van der Waals surface area contributed by atoms with E-state index in [4.69, 9.17) is 0 Å². The van der Waals surface area contributed by atoms with Gasteiger partial charge in [0.15, 0.2) is 0 Å². The zero-order chi connectivity index (χ0) is 11.8. The van der Waals surface area contributed by atoms with Crippen molar-refractivity contribution in [2.75, 3.05) is 11.9 Å². The van der Waals surface area contributed by atoms with E-state index in [0.29, 0.717) is 17.9 Å². The maximum atomic E-state index is 12.6. The molecule has 0 bridgehead atoms. The largest absolute Gasteiger partial charge is 0.339 e. The van der Waals surface area contributed by atoms with Crippen LogP contribution in [0.1, 0.15) is 44.9 Å². The standard InChI is InChI=1S/C14H22BrNO/c15-8-3-9-16(10-4-1-5-10)14(17)13-11-6-2-7-12(11)13/h10-13H,1-9H2. The van der Waals surface area contributed by atoms with Crippen molar-refractivity contribution in [1.29, 1.82) is 0 Å². The first-order valence-corrected chi connectivity index (χ1v) is 8.31. The average Bonchev–Trinajstić information content (AvgIpc) is 2.74. The number of carbonyl (C=O) groups is 1. The zero-order valence-electron chi connectivity index (χ0n) is 10.4. The molecule has 0 heterocycles. The Labute approximate surface area is 112 Å². The van der Waals surface area contributed by atoms with Gasteiger partial charge in [0, 0.05) is 23.8 Å². The van der Waals surface area contributed by atoms with Gasteiger partial charge in [0.05, 0.1) is 0 Å². The number of halogens is 1. The number of alkyl halides is 1. The van der Waals surface area contributed by atoms with Crippen molar-refractivity contribution < 1.29 is 4.79 Å². The summed E-state index contributed by atoms with van der Waals surface area (Å²) in [6.45, 7) is 0.977. The van der Waals surface area contributed by atoms with E-state index < -0.39 is 0 Å². The Kier molecular flexibility index (Phi) is 3.47. The van der Waals surface area contributed by atoms with Gasteiger partial charge in [-0.05, 0) is 50.4 Å². The molecule has 3 rings (SSSR count). The molecule has 3 saturated carbocycles. The lowest BCUT2D eigenvalue weighted by Gasteiger charge is -2.38. The van der Waals surface area contributed by atoms with E-state index >= 15 is 0 Å². The summed E-state index contributed by atoms with van der Waals surface area (Å²) in [4.78, 5) is 14.8. The second-order valence-corrected chi connectivity index (χ2v) is 6.74. The fourth-order valence-corrected chi connectivity index (χ4v) is 4.03. The molecule has 96 valence electrons. The zero-order valence-corrected chi connectivity index (χ0v) is 12.0. The van der Waals surface area contributed by atoms with Gasteiger partial charge in [0.25, 0.3) is 0 Å².